The van der Waals surface area contributed by atoms with Crippen LogP contribution in [-0.4, -0.2) is 20.3 Å². The molecular weight excluding hydrogens is 427 g/mol. The van der Waals surface area contributed by atoms with Crippen LogP contribution in [0.3, 0.4) is 0 Å². The number of hydrogen-bond donors (Lipinski definition) is 0. The molecule has 108 valence electrons. The van der Waals surface area contributed by atoms with Gasteiger partial charge in [-0.3, -0.25) is 0 Å². The third-order valence-corrected chi connectivity index (χ3v) is 5.56. The predicted molar refractivity (Wildman–Crippen MR) is 91.2 cm³/mol. The molecular formula is C14H13Br2ClO2S. The van der Waals surface area contributed by atoms with E-state index < -0.39 is 0 Å². The molecule has 2 aromatic rings. The minimum atomic E-state index is -0.157. The fourth-order valence-corrected chi connectivity index (χ4v) is 3.94. The van der Waals surface area contributed by atoms with Crippen molar-refractivity contribution in [2.24, 2.45) is 0 Å². The van der Waals surface area contributed by atoms with Gasteiger partial charge < -0.3 is 9.47 Å². The van der Waals surface area contributed by atoms with Crippen molar-refractivity contribution in [1.29, 1.82) is 0 Å². The number of rotatable bonds is 6. The van der Waals surface area contributed by atoms with E-state index in [-0.39, 0.29) is 5.38 Å². The van der Waals surface area contributed by atoms with E-state index in [1.54, 1.807) is 18.4 Å². The molecule has 0 aliphatic heterocycles. The van der Waals surface area contributed by atoms with E-state index in [9.17, 15) is 0 Å². The van der Waals surface area contributed by atoms with Crippen molar-refractivity contribution in [1.82, 2.24) is 0 Å². The summed E-state index contributed by atoms with van der Waals surface area (Å²) in [7, 11) is 1.65. The van der Waals surface area contributed by atoms with Gasteiger partial charge in [0.05, 0.1) is 20.2 Å². The maximum Gasteiger partial charge on any atom is 0.133 e. The van der Waals surface area contributed by atoms with Crippen molar-refractivity contribution in [3.63, 3.8) is 0 Å². The lowest BCUT2D eigenvalue weighted by Crippen LogP contribution is -2.04. The van der Waals surface area contributed by atoms with Gasteiger partial charge in [-0.25, -0.2) is 0 Å². The highest BCUT2D eigenvalue weighted by molar-refractivity contribution is 9.11. The Kier molecular flexibility index (Phi) is 6.36. The first-order valence-electron chi connectivity index (χ1n) is 5.92. The molecule has 20 heavy (non-hydrogen) atoms. The Morgan fingerprint density at radius 2 is 2.00 bits per heavy atom. The lowest BCUT2D eigenvalue weighted by Gasteiger charge is -2.12. The highest BCUT2D eigenvalue weighted by Crippen LogP contribution is 2.38. The number of benzene rings is 1. The van der Waals surface area contributed by atoms with Gasteiger partial charge in [-0.15, -0.1) is 22.9 Å². The molecule has 0 saturated carbocycles. The van der Waals surface area contributed by atoms with Gasteiger partial charge in [-0.2, -0.15) is 0 Å². The summed E-state index contributed by atoms with van der Waals surface area (Å²) in [6, 6.07) is 9.94. The zero-order chi connectivity index (χ0) is 14.5. The Morgan fingerprint density at radius 3 is 2.60 bits per heavy atom. The molecule has 0 radical (unpaired) electrons. The summed E-state index contributed by atoms with van der Waals surface area (Å²) < 4.78 is 12.5. The summed E-state index contributed by atoms with van der Waals surface area (Å²) in [6.07, 6.45) is 0. The zero-order valence-corrected chi connectivity index (χ0v) is 15.5. The van der Waals surface area contributed by atoms with Gasteiger partial charge in [0, 0.05) is 12.0 Å². The molecule has 0 fully saturated rings. The molecule has 1 atom stereocenters. The number of ether oxygens (including phenoxy) is 2. The monoisotopic (exact) mass is 438 g/mol. The van der Waals surface area contributed by atoms with Crippen LogP contribution in [0.2, 0.25) is 0 Å². The molecule has 0 amide bonds. The summed E-state index contributed by atoms with van der Waals surface area (Å²) in [6.45, 7) is 1.09. The van der Waals surface area contributed by atoms with Crippen LogP contribution in [0.15, 0.2) is 38.6 Å². The van der Waals surface area contributed by atoms with Gasteiger partial charge in [-0.1, -0.05) is 6.07 Å². The third kappa shape index (κ3) is 4.21. The van der Waals surface area contributed by atoms with Crippen LogP contribution in [0.1, 0.15) is 15.8 Å². The molecule has 0 bridgehead atoms. The molecule has 2 nitrogen and oxygen atoms in total. The first-order chi connectivity index (χ1) is 9.61. The van der Waals surface area contributed by atoms with Gasteiger partial charge in [0.15, 0.2) is 0 Å². The van der Waals surface area contributed by atoms with Crippen molar-refractivity contribution in [2.75, 3.05) is 20.3 Å². The van der Waals surface area contributed by atoms with Gasteiger partial charge in [-0.05, 0) is 61.7 Å². The van der Waals surface area contributed by atoms with Crippen molar-refractivity contribution < 1.29 is 9.47 Å². The van der Waals surface area contributed by atoms with Crippen LogP contribution in [-0.2, 0) is 4.74 Å². The number of halogens is 3. The standard InChI is InChI=1S/C14H13Br2ClO2S/c1-18-6-7-19-11-3-2-9(8-10(11)15)14(17)12-4-5-13(16)20-12/h2-5,8,14H,6-7H2,1H3. The number of alkyl halides is 1. The minimum absolute atomic E-state index is 0.157. The Hall–Kier alpha value is -0.0700. The van der Waals surface area contributed by atoms with Crippen LogP contribution in [0, 0.1) is 0 Å². The second-order valence-electron chi connectivity index (χ2n) is 4.04. The summed E-state index contributed by atoms with van der Waals surface area (Å²) in [4.78, 5) is 1.11. The Morgan fingerprint density at radius 1 is 1.20 bits per heavy atom. The summed E-state index contributed by atoms with van der Waals surface area (Å²) in [5, 5.41) is -0.157. The molecule has 0 aliphatic carbocycles. The molecule has 0 spiro atoms. The van der Waals surface area contributed by atoms with E-state index >= 15 is 0 Å². The first kappa shape index (κ1) is 16.3. The Labute approximate surface area is 144 Å². The third-order valence-electron chi connectivity index (χ3n) is 2.64. The Bertz CT molecular complexity index is 574. The van der Waals surface area contributed by atoms with Crippen molar-refractivity contribution in [3.05, 3.63) is 49.0 Å². The molecule has 1 heterocycles. The number of methoxy groups -OCH3 is 1. The zero-order valence-electron chi connectivity index (χ0n) is 10.7. The van der Waals surface area contributed by atoms with Gasteiger partial charge in [0.2, 0.25) is 0 Å². The van der Waals surface area contributed by atoms with Crippen LogP contribution in [0.5, 0.6) is 5.75 Å². The van der Waals surface area contributed by atoms with Crippen LogP contribution in [0.4, 0.5) is 0 Å². The van der Waals surface area contributed by atoms with Gasteiger partial charge >= 0.3 is 0 Å². The van der Waals surface area contributed by atoms with E-state index in [1.165, 1.54) is 0 Å². The van der Waals surface area contributed by atoms with Crippen molar-refractivity contribution >= 4 is 54.8 Å². The largest absolute Gasteiger partial charge is 0.490 e. The van der Waals surface area contributed by atoms with Crippen LogP contribution in [0.25, 0.3) is 0 Å². The molecule has 1 unspecified atom stereocenters. The van der Waals surface area contributed by atoms with E-state index in [0.29, 0.717) is 13.2 Å². The van der Waals surface area contributed by atoms with E-state index in [0.717, 1.165) is 24.4 Å². The average molecular weight is 441 g/mol. The number of thiophene rings is 1. The van der Waals surface area contributed by atoms with Crippen molar-refractivity contribution in [2.45, 2.75) is 5.38 Å². The van der Waals surface area contributed by atoms with Crippen LogP contribution >= 0.6 is 54.8 Å². The molecule has 2 rings (SSSR count). The minimum Gasteiger partial charge on any atom is -0.490 e. The molecule has 0 aliphatic rings. The smallest absolute Gasteiger partial charge is 0.133 e. The molecule has 0 N–H and O–H groups in total. The quantitative estimate of drug-likeness (QED) is 0.428. The second-order valence-corrected chi connectivity index (χ2v) is 7.82. The normalized spacial score (nSPS) is 12.4. The Balaban J connectivity index is 2.12. The highest BCUT2D eigenvalue weighted by atomic mass is 79.9. The van der Waals surface area contributed by atoms with Gasteiger partial charge in [0.1, 0.15) is 12.4 Å². The van der Waals surface area contributed by atoms with Gasteiger partial charge in [0.25, 0.3) is 0 Å². The van der Waals surface area contributed by atoms with E-state index in [1.807, 2.05) is 30.3 Å². The maximum atomic E-state index is 6.50. The predicted octanol–water partition coefficient (Wildman–Crippen LogP) is 5.63. The second kappa shape index (κ2) is 7.80. The average Bonchev–Trinajstić information content (AvgIpc) is 2.86. The maximum absolute atomic E-state index is 6.50. The fourth-order valence-electron chi connectivity index (χ4n) is 1.66. The molecule has 0 saturated heterocycles. The highest BCUT2D eigenvalue weighted by Gasteiger charge is 2.14. The summed E-state index contributed by atoms with van der Waals surface area (Å²) >= 11 is 15.1. The van der Waals surface area contributed by atoms with Crippen LogP contribution < -0.4 is 4.74 Å². The summed E-state index contributed by atoms with van der Waals surface area (Å²) in [5.41, 5.74) is 1.03. The topological polar surface area (TPSA) is 18.5 Å². The lowest BCUT2D eigenvalue weighted by atomic mass is 10.1. The lowest BCUT2D eigenvalue weighted by molar-refractivity contribution is 0.146. The number of hydrogen-bond acceptors (Lipinski definition) is 3. The summed E-state index contributed by atoms with van der Waals surface area (Å²) in [5.74, 6) is 0.794. The fraction of sp³-hybridized carbons (Fsp3) is 0.286. The van der Waals surface area contributed by atoms with E-state index in [2.05, 4.69) is 31.9 Å². The van der Waals surface area contributed by atoms with Crippen molar-refractivity contribution in [3.8, 4) is 5.75 Å². The molecule has 1 aromatic carbocycles. The molecule has 1 aromatic heterocycles. The molecule has 6 heteroatoms. The first-order valence-corrected chi connectivity index (χ1v) is 8.76. The SMILES string of the molecule is COCCOc1ccc(C(Cl)c2ccc(Br)s2)cc1Br. The van der Waals surface area contributed by atoms with E-state index in [4.69, 9.17) is 21.1 Å².